The van der Waals surface area contributed by atoms with E-state index in [9.17, 15) is 9.59 Å². The van der Waals surface area contributed by atoms with Crippen LogP contribution in [-0.2, 0) is 17.8 Å². The minimum Gasteiger partial charge on any atom is -0.342 e. The van der Waals surface area contributed by atoms with E-state index in [-0.39, 0.29) is 5.91 Å². The molecule has 0 saturated carbocycles. The Morgan fingerprint density at radius 3 is 2.59 bits per heavy atom. The second kappa shape index (κ2) is 6.73. The minimum absolute atomic E-state index is 0.322. The maximum atomic E-state index is 12.7. The van der Waals surface area contributed by atoms with Gasteiger partial charge in [-0.25, -0.2) is 14.8 Å². The number of amides is 3. The Labute approximate surface area is 167 Å². The molecular weight excluding hydrogens is 368 g/mol. The summed E-state index contributed by atoms with van der Waals surface area (Å²) in [6.07, 6.45) is -0.0940. The molecule has 3 amide bonds. The SMILES string of the molecule is CN1C(=O)NC(=O)C2C1N=C(Cc1nc3ccccc3[nH]1)N2Cc1ccccc1. The van der Waals surface area contributed by atoms with Crippen LogP contribution in [0, 0.1) is 0 Å². The normalized spacial score (nSPS) is 21.3. The molecule has 3 heterocycles. The predicted octanol–water partition coefficient (Wildman–Crippen LogP) is 1.90. The second-order valence-corrected chi connectivity index (χ2v) is 7.30. The number of benzene rings is 2. The molecule has 1 aromatic heterocycles. The average molecular weight is 388 g/mol. The molecule has 8 heteroatoms. The van der Waals surface area contributed by atoms with Gasteiger partial charge in [-0.05, 0) is 17.7 Å². The van der Waals surface area contributed by atoms with Gasteiger partial charge in [0.05, 0.1) is 17.5 Å². The van der Waals surface area contributed by atoms with Crippen molar-refractivity contribution >= 4 is 28.8 Å². The lowest BCUT2D eigenvalue weighted by molar-refractivity contribution is -0.127. The van der Waals surface area contributed by atoms with Gasteiger partial charge in [0.1, 0.15) is 11.7 Å². The van der Waals surface area contributed by atoms with E-state index in [0.29, 0.717) is 13.0 Å². The number of imidazole rings is 1. The number of para-hydroxylation sites is 2. The van der Waals surface area contributed by atoms with Crippen molar-refractivity contribution < 1.29 is 9.59 Å². The van der Waals surface area contributed by atoms with Crippen molar-refractivity contribution in [3.63, 3.8) is 0 Å². The van der Waals surface area contributed by atoms with Gasteiger partial charge in [-0.15, -0.1) is 0 Å². The molecule has 8 nitrogen and oxygen atoms in total. The van der Waals surface area contributed by atoms with Crippen LogP contribution in [0.25, 0.3) is 11.0 Å². The molecule has 0 bridgehead atoms. The molecule has 2 aliphatic rings. The lowest BCUT2D eigenvalue weighted by Crippen LogP contribution is -2.63. The first-order chi connectivity index (χ1) is 14.1. The Kier molecular flexibility index (Phi) is 4.04. The van der Waals surface area contributed by atoms with Crippen LogP contribution in [0.2, 0.25) is 0 Å². The third kappa shape index (κ3) is 3.02. The summed E-state index contributed by atoms with van der Waals surface area (Å²) in [6.45, 7) is 0.524. The number of rotatable bonds is 4. The van der Waals surface area contributed by atoms with Gasteiger partial charge in [0, 0.05) is 13.6 Å². The average Bonchev–Trinajstić information content (AvgIpc) is 3.29. The van der Waals surface area contributed by atoms with Gasteiger partial charge in [0.25, 0.3) is 5.91 Å². The number of hydrogen-bond acceptors (Lipinski definition) is 5. The van der Waals surface area contributed by atoms with Crippen molar-refractivity contribution in [2.24, 2.45) is 4.99 Å². The van der Waals surface area contributed by atoms with Crippen molar-refractivity contribution in [1.82, 2.24) is 25.1 Å². The van der Waals surface area contributed by atoms with Crippen LogP contribution in [-0.4, -0.2) is 56.8 Å². The van der Waals surface area contributed by atoms with Gasteiger partial charge in [0.2, 0.25) is 0 Å². The Morgan fingerprint density at radius 1 is 1.03 bits per heavy atom. The maximum absolute atomic E-state index is 12.7. The molecule has 2 aliphatic heterocycles. The molecular formula is C21H20N6O2. The zero-order valence-corrected chi connectivity index (χ0v) is 15.9. The summed E-state index contributed by atoms with van der Waals surface area (Å²) in [5, 5.41) is 2.43. The first-order valence-electron chi connectivity index (χ1n) is 9.49. The highest BCUT2D eigenvalue weighted by Crippen LogP contribution is 2.27. The van der Waals surface area contributed by atoms with Crippen LogP contribution in [0.15, 0.2) is 59.6 Å². The monoisotopic (exact) mass is 388 g/mol. The fraction of sp³-hybridized carbons (Fsp3) is 0.238. The number of urea groups is 1. The summed E-state index contributed by atoms with van der Waals surface area (Å²) in [6, 6.07) is 16.8. The number of aliphatic imine (C=N–C) groups is 1. The molecule has 5 rings (SSSR count). The van der Waals surface area contributed by atoms with Crippen LogP contribution >= 0.6 is 0 Å². The van der Waals surface area contributed by atoms with Gasteiger partial charge in [0.15, 0.2) is 12.2 Å². The number of aromatic amines is 1. The Morgan fingerprint density at radius 2 is 1.79 bits per heavy atom. The van der Waals surface area contributed by atoms with Crippen LogP contribution in [0.1, 0.15) is 11.4 Å². The van der Waals surface area contributed by atoms with Crippen LogP contribution in [0.5, 0.6) is 0 Å². The second-order valence-electron chi connectivity index (χ2n) is 7.30. The molecule has 1 fully saturated rings. The standard InChI is InChI=1S/C21H20N6O2/c1-26-19-18(20(28)25-21(26)29)27(12-13-7-3-2-4-8-13)17(24-19)11-16-22-14-9-5-6-10-15(14)23-16/h2-10,18-19H,11-12H2,1H3,(H,22,23)(H,25,28,29). The Hall–Kier alpha value is -3.68. The van der Waals surface area contributed by atoms with E-state index in [1.807, 2.05) is 59.5 Å². The number of fused-ring (bicyclic) bond motifs is 2. The minimum atomic E-state index is -0.558. The van der Waals surface area contributed by atoms with Crippen molar-refractivity contribution in [3.05, 3.63) is 66.0 Å². The molecule has 1 saturated heterocycles. The summed E-state index contributed by atoms with van der Waals surface area (Å²) in [5.41, 5.74) is 2.91. The number of amidine groups is 1. The molecule has 2 N–H and O–H groups in total. The molecule has 0 radical (unpaired) electrons. The highest BCUT2D eigenvalue weighted by molar-refractivity contribution is 6.04. The molecule has 2 aromatic carbocycles. The van der Waals surface area contributed by atoms with E-state index in [4.69, 9.17) is 4.99 Å². The molecule has 3 aromatic rings. The molecule has 2 unspecified atom stereocenters. The van der Waals surface area contributed by atoms with Gasteiger partial charge in [-0.1, -0.05) is 42.5 Å². The van der Waals surface area contributed by atoms with E-state index >= 15 is 0 Å². The van der Waals surface area contributed by atoms with Gasteiger partial charge < -0.3 is 14.8 Å². The number of hydrogen-bond donors (Lipinski definition) is 2. The number of aromatic nitrogens is 2. The summed E-state index contributed by atoms with van der Waals surface area (Å²) < 4.78 is 0. The highest BCUT2D eigenvalue weighted by Gasteiger charge is 2.48. The van der Waals surface area contributed by atoms with Crippen molar-refractivity contribution in [2.75, 3.05) is 7.05 Å². The molecule has 0 aliphatic carbocycles. The lowest BCUT2D eigenvalue weighted by Gasteiger charge is -2.36. The number of imide groups is 1. The van der Waals surface area contributed by atoms with Crippen molar-refractivity contribution in [2.45, 2.75) is 25.2 Å². The number of H-pyrrole nitrogens is 1. The van der Waals surface area contributed by atoms with Gasteiger partial charge in [-0.3, -0.25) is 10.1 Å². The van der Waals surface area contributed by atoms with Crippen molar-refractivity contribution in [1.29, 1.82) is 0 Å². The molecule has 0 spiro atoms. The third-order valence-corrected chi connectivity index (χ3v) is 5.41. The molecule has 29 heavy (non-hydrogen) atoms. The largest absolute Gasteiger partial charge is 0.342 e. The van der Waals surface area contributed by atoms with E-state index in [2.05, 4.69) is 15.3 Å². The fourth-order valence-corrected chi connectivity index (χ4v) is 3.94. The predicted molar refractivity (Wildman–Crippen MR) is 108 cm³/mol. The van der Waals surface area contributed by atoms with E-state index in [1.165, 1.54) is 4.90 Å². The quantitative estimate of drug-likeness (QED) is 0.714. The Balaban J connectivity index is 1.50. The van der Waals surface area contributed by atoms with Crippen molar-refractivity contribution in [3.8, 4) is 0 Å². The zero-order valence-electron chi connectivity index (χ0n) is 15.9. The van der Waals surface area contributed by atoms with Gasteiger partial charge in [-0.2, -0.15) is 0 Å². The van der Waals surface area contributed by atoms with Crippen LogP contribution in [0.3, 0.4) is 0 Å². The van der Waals surface area contributed by atoms with Gasteiger partial charge >= 0.3 is 6.03 Å². The summed E-state index contributed by atoms with van der Waals surface area (Å²) in [4.78, 5) is 40.9. The molecule has 2 atom stereocenters. The number of likely N-dealkylation sites (N-methyl/N-ethyl adjacent to an activating group) is 1. The van der Waals surface area contributed by atoms with E-state index in [0.717, 1.165) is 28.3 Å². The highest BCUT2D eigenvalue weighted by atomic mass is 16.2. The lowest BCUT2D eigenvalue weighted by atomic mass is 10.1. The first kappa shape index (κ1) is 17.4. The van der Waals surface area contributed by atoms with Crippen LogP contribution in [0.4, 0.5) is 4.79 Å². The first-order valence-corrected chi connectivity index (χ1v) is 9.49. The topological polar surface area (TPSA) is 93.7 Å². The number of carbonyl (C=O) groups excluding carboxylic acids is 2. The number of carbonyl (C=O) groups is 2. The smallest absolute Gasteiger partial charge is 0.325 e. The fourth-order valence-electron chi connectivity index (χ4n) is 3.94. The van der Waals surface area contributed by atoms with E-state index in [1.54, 1.807) is 7.05 Å². The number of nitrogens with zero attached hydrogens (tertiary/aromatic N) is 4. The third-order valence-electron chi connectivity index (χ3n) is 5.41. The van der Waals surface area contributed by atoms with E-state index < -0.39 is 18.2 Å². The summed E-state index contributed by atoms with van der Waals surface area (Å²) in [7, 11) is 1.66. The zero-order chi connectivity index (χ0) is 20.0. The molecule has 146 valence electrons. The van der Waals surface area contributed by atoms with Crippen LogP contribution < -0.4 is 5.32 Å². The summed E-state index contributed by atoms with van der Waals surface area (Å²) in [5.74, 6) is 1.19. The summed E-state index contributed by atoms with van der Waals surface area (Å²) >= 11 is 0. The Bertz CT molecular complexity index is 1090. The maximum Gasteiger partial charge on any atom is 0.325 e. The number of nitrogens with one attached hydrogen (secondary N) is 2.